The van der Waals surface area contributed by atoms with Gasteiger partial charge in [0.15, 0.2) is 0 Å². The van der Waals surface area contributed by atoms with Crippen LogP contribution in [0.2, 0.25) is 0 Å². The van der Waals surface area contributed by atoms with Crippen LogP contribution < -0.4 is 4.74 Å². The van der Waals surface area contributed by atoms with Crippen LogP contribution in [-0.2, 0) is 5.11 Å². The lowest BCUT2D eigenvalue weighted by molar-refractivity contribution is 0.339. The van der Waals surface area contributed by atoms with E-state index in [1.165, 1.54) is 13.2 Å². The third kappa shape index (κ3) is 1.28. The summed E-state index contributed by atoms with van der Waals surface area (Å²) in [5.74, 6) is 0.0596. The van der Waals surface area contributed by atoms with Crippen molar-refractivity contribution < 1.29 is 9.84 Å². The van der Waals surface area contributed by atoms with Gasteiger partial charge in [-0.15, -0.1) is 5.10 Å². The summed E-state index contributed by atoms with van der Waals surface area (Å²) in [6.45, 7) is 0. The van der Waals surface area contributed by atoms with Crippen molar-refractivity contribution in [2.75, 3.05) is 7.11 Å². The lowest BCUT2D eigenvalue weighted by Crippen LogP contribution is -1.87. The second kappa shape index (κ2) is 2.30. The van der Waals surface area contributed by atoms with Crippen molar-refractivity contribution in [3.8, 4) is 11.6 Å². The van der Waals surface area contributed by atoms with Crippen molar-refractivity contribution in [3.63, 3.8) is 0 Å². The number of ether oxygens (including phenoxy) is 1. The molecular formula is C5H5N2O2. The Morgan fingerprint density at radius 2 is 2.44 bits per heavy atom. The minimum atomic E-state index is -0.193. The van der Waals surface area contributed by atoms with Gasteiger partial charge >= 0.3 is 0 Å². The van der Waals surface area contributed by atoms with Crippen LogP contribution in [0.5, 0.6) is 11.6 Å². The maximum atomic E-state index is 10.5. The quantitative estimate of drug-likeness (QED) is 0.553. The van der Waals surface area contributed by atoms with Crippen LogP contribution in [0.3, 0.4) is 0 Å². The van der Waals surface area contributed by atoms with Crippen LogP contribution in [0.1, 0.15) is 0 Å². The van der Waals surface area contributed by atoms with Crippen LogP contribution >= 0.6 is 0 Å². The molecule has 47 valence electrons. The summed E-state index contributed by atoms with van der Waals surface area (Å²) < 4.78 is 4.62. The van der Waals surface area contributed by atoms with Gasteiger partial charge in [0.1, 0.15) is 0 Å². The third-order valence-electron chi connectivity index (χ3n) is 0.816. The molecule has 0 aliphatic rings. The summed E-state index contributed by atoms with van der Waals surface area (Å²) in [6.07, 6.45) is 1.13. The highest BCUT2D eigenvalue weighted by atomic mass is 16.5. The van der Waals surface area contributed by atoms with Gasteiger partial charge in [-0.25, -0.2) is 0 Å². The van der Waals surface area contributed by atoms with E-state index in [1.54, 1.807) is 0 Å². The molecule has 4 nitrogen and oxygen atoms in total. The van der Waals surface area contributed by atoms with Gasteiger partial charge in [-0.2, -0.15) is 5.10 Å². The molecule has 0 amide bonds. The molecule has 1 heterocycles. The first-order valence-corrected chi connectivity index (χ1v) is 2.36. The Morgan fingerprint density at radius 3 is 2.89 bits per heavy atom. The Balaban J connectivity index is 2.94. The van der Waals surface area contributed by atoms with Crippen LogP contribution in [0, 0.1) is 0 Å². The first-order valence-electron chi connectivity index (χ1n) is 2.36. The van der Waals surface area contributed by atoms with Crippen LogP contribution in [-0.4, -0.2) is 17.3 Å². The highest BCUT2D eigenvalue weighted by Gasteiger charge is 1.94. The van der Waals surface area contributed by atoms with E-state index in [-0.39, 0.29) is 11.6 Å². The first kappa shape index (κ1) is 5.81. The molecule has 1 aromatic rings. The minimum absolute atomic E-state index is 0.193. The molecule has 1 rings (SSSR count). The van der Waals surface area contributed by atoms with Gasteiger partial charge in [0.2, 0.25) is 11.6 Å². The second-order valence-corrected chi connectivity index (χ2v) is 1.43. The van der Waals surface area contributed by atoms with Crippen molar-refractivity contribution in [1.29, 1.82) is 0 Å². The summed E-state index contributed by atoms with van der Waals surface area (Å²) in [4.78, 5) is 0. The topological polar surface area (TPSA) is 54.9 Å². The molecule has 0 N–H and O–H groups in total. The van der Waals surface area contributed by atoms with Gasteiger partial charge in [-0.1, -0.05) is 0 Å². The molecule has 4 heteroatoms. The fourth-order valence-electron chi connectivity index (χ4n) is 0.430. The Bertz CT molecular complexity index is 202. The van der Waals surface area contributed by atoms with E-state index in [0.29, 0.717) is 0 Å². The lowest BCUT2D eigenvalue weighted by atomic mass is 10.5. The van der Waals surface area contributed by atoms with Crippen LogP contribution in [0.4, 0.5) is 0 Å². The molecule has 0 aliphatic carbocycles. The summed E-state index contributed by atoms with van der Waals surface area (Å²) in [7, 11) is 1.43. The van der Waals surface area contributed by atoms with E-state index in [0.717, 1.165) is 6.20 Å². The molecular weight excluding hydrogens is 120 g/mol. The van der Waals surface area contributed by atoms with Crippen molar-refractivity contribution in [2.24, 2.45) is 0 Å². The summed E-state index contributed by atoms with van der Waals surface area (Å²) >= 11 is 0. The standard InChI is InChI=1S/C5H5N2O2/c1-9-5-2-4(8)3-6-7-5/h2-3H,1H3. The molecule has 0 aliphatic heterocycles. The Morgan fingerprint density at radius 1 is 1.67 bits per heavy atom. The van der Waals surface area contributed by atoms with E-state index in [1.807, 2.05) is 0 Å². The van der Waals surface area contributed by atoms with Crippen LogP contribution in [0.25, 0.3) is 0 Å². The number of aromatic nitrogens is 2. The van der Waals surface area contributed by atoms with Crippen molar-refractivity contribution in [3.05, 3.63) is 12.3 Å². The maximum Gasteiger partial charge on any atom is 0.237 e. The smallest absolute Gasteiger partial charge is 0.237 e. The Labute approximate surface area is 52.1 Å². The summed E-state index contributed by atoms with van der Waals surface area (Å²) in [5, 5.41) is 17.3. The van der Waals surface area contributed by atoms with Crippen molar-refractivity contribution in [1.82, 2.24) is 10.2 Å². The molecule has 1 radical (unpaired) electrons. The van der Waals surface area contributed by atoms with E-state index < -0.39 is 0 Å². The first-order chi connectivity index (χ1) is 4.33. The number of nitrogens with zero attached hydrogens (tertiary/aromatic N) is 2. The molecule has 0 unspecified atom stereocenters. The van der Waals surface area contributed by atoms with Crippen molar-refractivity contribution in [2.45, 2.75) is 0 Å². The predicted octanol–water partition coefficient (Wildman–Crippen LogP) is 0.629. The van der Waals surface area contributed by atoms with E-state index >= 15 is 0 Å². The van der Waals surface area contributed by atoms with Gasteiger partial charge in [-0.3, -0.25) is 5.11 Å². The molecule has 0 saturated heterocycles. The zero-order valence-corrected chi connectivity index (χ0v) is 4.87. The molecule has 0 aromatic carbocycles. The fraction of sp³-hybridized carbons (Fsp3) is 0.200. The largest absolute Gasteiger partial charge is 0.480 e. The zero-order chi connectivity index (χ0) is 6.69. The number of methoxy groups -OCH3 is 1. The lowest BCUT2D eigenvalue weighted by Gasteiger charge is -1.92. The second-order valence-electron chi connectivity index (χ2n) is 1.43. The minimum Gasteiger partial charge on any atom is -0.480 e. The molecule has 0 bridgehead atoms. The van der Waals surface area contributed by atoms with Crippen LogP contribution in [0.15, 0.2) is 12.3 Å². The fourth-order valence-corrected chi connectivity index (χ4v) is 0.430. The number of rotatable bonds is 1. The monoisotopic (exact) mass is 125 g/mol. The Hall–Kier alpha value is -1.32. The molecule has 9 heavy (non-hydrogen) atoms. The molecule has 0 fully saturated rings. The van der Waals surface area contributed by atoms with E-state index in [2.05, 4.69) is 14.9 Å². The Kier molecular flexibility index (Phi) is 1.48. The van der Waals surface area contributed by atoms with Crippen molar-refractivity contribution >= 4 is 0 Å². The molecule has 0 atom stereocenters. The van der Waals surface area contributed by atoms with Gasteiger partial charge in [0.25, 0.3) is 0 Å². The average molecular weight is 125 g/mol. The van der Waals surface area contributed by atoms with Gasteiger partial charge in [0, 0.05) is 0 Å². The average Bonchev–Trinajstić information content (AvgIpc) is 1.88. The summed E-state index contributed by atoms with van der Waals surface area (Å²) in [6, 6.07) is 1.27. The molecule has 1 aromatic heterocycles. The van der Waals surface area contributed by atoms with Gasteiger partial charge in [0.05, 0.1) is 19.4 Å². The predicted molar refractivity (Wildman–Crippen MR) is 28.7 cm³/mol. The van der Waals surface area contributed by atoms with E-state index in [9.17, 15) is 5.11 Å². The van der Waals surface area contributed by atoms with E-state index in [4.69, 9.17) is 0 Å². The highest BCUT2D eigenvalue weighted by Crippen LogP contribution is 2.11. The number of hydrogen-bond acceptors (Lipinski definition) is 3. The summed E-state index contributed by atoms with van der Waals surface area (Å²) in [5.41, 5.74) is 0. The number of hydrogen-bond donors (Lipinski definition) is 0. The third-order valence-corrected chi connectivity index (χ3v) is 0.816. The SMILES string of the molecule is COc1cc([O])cnn1. The normalized spacial score (nSPS) is 9.00. The van der Waals surface area contributed by atoms with Gasteiger partial charge < -0.3 is 4.74 Å². The molecule has 0 spiro atoms. The molecule has 0 saturated carbocycles. The zero-order valence-electron chi connectivity index (χ0n) is 4.87. The maximum absolute atomic E-state index is 10.5. The highest BCUT2D eigenvalue weighted by molar-refractivity contribution is 5.20. The van der Waals surface area contributed by atoms with Gasteiger partial charge in [-0.05, 0) is 0 Å².